The van der Waals surface area contributed by atoms with Crippen molar-refractivity contribution in [3.63, 3.8) is 0 Å². The van der Waals surface area contributed by atoms with Gasteiger partial charge in [-0.15, -0.1) is 0 Å². The number of imidazole rings is 1. The van der Waals surface area contributed by atoms with Gasteiger partial charge in [-0.2, -0.15) is 0 Å². The molecule has 0 aliphatic heterocycles. The zero-order valence-corrected chi connectivity index (χ0v) is 11.1. The second-order valence-corrected chi connectivity index (χ2v) is 4.96. The van der Waals surface area contributed by atoms with Gasteiger partial charge < -0.3 is 4.98 Å². The van der Waals surface area contributed by atoms with Crippen LogP contribution in [0.15, 0.2) is 36.4 Å². The molecule has 2 nitrogen and oxygen atoms in total. The fourth-order valence-electron chi connectivity index (χ4n) is 2.34. The smallest absolute Gasteiger partial charge is 0.153 e. The van der Waals surface area contributed by atoms with Crippen LogP contribution in [0.1, 0.15) is 17.0 Å². The highest BCUT2D eigenvalue weighted by atomic mass is 19.1. The van der Waals surface area contributed by atoms with Crippen molar-refractivity contribution < 1.29 is 8.78 Å². The van der Waals surface area contributed by atoms with Crippen molar-refractivity contribution in [2.45, 2.75) is 19.8 Å². The number of nitrogens with zero attached hydrogens (tertiary/aromatic N) is 1. The first-order chi connectivity index (χ1) is 9.61. The van der Waals surface area contributed by atoms with Crippen LogP contribution in [0.25, 0.3) is 11.0 Å². The molecule has 0 unspecified atom stereocenters. The Labute approximate surface area is 115 Å². The van der Waals surface area contributed by atoms with Gasteiger partial charge >= 0.3 is 0 Å². The van der Waals surface area contributed by atoms with Crippen LogP contribution in [0, 0.1) is 18.6 Å². The van der Waals surface area contributed by atoms with E-state index in [0.717, 1.165) is 12.5 Å². The van der Waals surface area contributed by atoms with Crippen LogP contribution in [-0.2, 0) is 12.8 Å². The van der Waals surface area contributed by atoms with Crippen molar-refractivity contribution in [2.24, 2.45) is 0 Å². The Balaban J connectivity index is 1.83. The normalized spacial score (nSPS) is 11.2. The van der Waals surface area contributed by atoms with Crippen molar-refractivity contribution in [1.82, 2.24) is 9.97 Å². The predicted octanol–water partition coefficient (Wildman–Crippen LogP) is 3.93. The SMILES string of the molecule is Cc1cccc(CCc2nc3c(F)cc(F)cc3[nH]2)c1. The van der Waals surface area contributed by atoms with Gasteiger partial charge in [-0.1, -0.05) is 29.8 Å². The molecule has 0 saturated heterocycles. The fourth-order valence-corrected chi connectivity index (χ4v) is 2.34. The summed E-state index contributed by atoms with van der Waals surface area (Å²) in [7, 11) is 0. The number of hydrogen-bond acceptors (Lipinski definition) is 1. The summed E-state index contributed by atoms with van der Waals surface area (Å²) in [5, 5.41) is 0. The van der Waals surface area contributed by atoms with E-state index >= 15 is 0 Å². The summed E-state index contributed by atoms with van der Waals surface area (Å²) < 4.78 is 26.7. The minimum atomic E-state index is -0.627. The maximum absolute atomic E-state index is 13.6. The van der Waals surface area contributed by atoms with Gasteiger partial charge in [0, 0.05) is 12.5 Å². The highest BCUT2D eigenvalue weighted by Crippen LogP contribution is 2.18. The number of benzene rings is 2. The van der Waals surface area contributed by atoms with E-state index in [0.29, 0.717) is 17.8 Å². The number of aryl methyl sites for hydroxylation is 3. The van der Waals surface area contributed by atoms with E-state index in [4.69, 9.17) is 0 Å². The number of H-pyrrole nitrogens is 1. The Morgan fingerprint density at radius 2 is 1.95 bits per heavy atom. The predicted molar refractivity (Wildman–Crippen MR) is 74.6 cm³/mol. The molecule has 20 heavy (non-hydrogen) atoms. The Hall–Kier alpha value is -2.23. The molecule has 2 aromatic carbocycles. The first-order valence-corrected chi connectivity index (χ1v) is 6.51. The highest BCUT2D eigenvalue weighted by Gasteiger charge is 2.09. The fraction of sp³-hybridized carbons (Fsp3) is 0.188. The molecule has 1 N–H and O–H groups in total. The monoisotopic (exact) mass is 272 g/mol. The lowest BCUT2D eigenvalue weighted by atomic mass is 10.1. The van der Waals surface area contributed by atoms with E-state index in [2.05, 4.69) is 22.1 Å². The topological polar surface area (TPSA) is 28.7 Å². The summed E-state index contributed by atoms with van der Waals surface area (Å²) in [5.41, 5.74) is 3.02. The molecule has 1 heterocycles. The lowest BCUT2D eigenvalue weighted by molar-refractivity contribution is 0.590. The average Bonchev–Trinajstić information content (AvgIpc) is 2.80. The molecular formula is C16H14F2N2. The second-order valence-electron chi connectivity index (χ2n) is 4.96. The van der Waals surface area contributed by atoms with Gasteiger partial charge in [0.2, 0.25) is 0 Å². The molecule has 0 saturated carbocycles. The van der Waals surface area contributed by atoms with E-state index in [9.17, 15) is 8.78 Å². The number of rotatable bonds is 3. The Morgan fingerprint density at radius 1 is 1.10 bits per heavy atom. The van der Waals surface area contributed by atoms with Crippen LogP contribution in [0.2, 0.25) is 0 Å². The van der Waals surface area contributed by atoms with Gasteiger partial charge in [-0.05, 0) is 25.0 Å². The molecule has 1 aromatic heterocycles. The van der Waals surface area contributed by atoms with Crippen LogP contribution < -0.4 is 0 Å². The minimum absolute atomic E-state index is 0.200. The summed E-state index contributed by atoms with van der Waals surface area (Å²) in [4.78, 5) is 7.16. The van der Waals surface area contributed by atoms with Gasteiger partial charge in [0.05, 0.1) is 5.52 Å². The molecule has 0 aliphatic carbocycles. The minimum Gasteiger partial charge on any atom is -0.342 e. The molecule has 0 amide bonds. The van der Waals surface area contributed by atoms with Crippen LogP contribution in [0.4, 0.5) is 8.78 Å². The molecule has 4 heteroatoms. The molecular weight excluding hydrogens is 258 g/mol. The Bertz CT molecular complexity index is 762. The molecule has 0 atom stereocenters. The van der Waals surface area contributed by atoms with Crippen molar-refractivity contribution in [2.75, 3.05) is 0 Å². The number of fused-ring (bicyclic) bond motifs is 1. The lowest BCUT2D eigenvalue weighted by Gasteiger charge is -2.00. The summed E-state index contributed by atoms with van der Waals surface area (Å²) in [5.74, 6) is -0.548. The van der Waals surface area contributed by atoms with E-state index < -0.39 is 11.6 Å². The van der Waals surface area contributed by atoms with E-state index in [1.165, 1.54) is 17.2 Å². The zero-order chi connectivity index (χ0) is 14.1. The number of halogens is 2. The van der Waals surface area contributed by atoms with Crippen LogP contribution in [-0.4, -0.2) is 9.97 Å². The molecule has 3 rings (SSSR count). The molecule has 3 aromatic rings. The highest BCUT2D eigenvalue weighted by molar-refractivity contribution is 5.75. The van der Waals surface area contributed by atoms with Gasteiger partial charge in [0.1, 0.15) is 17.2 Å². The second kappa shape index (κ2) is 5.04. The quantitative estimate of drug-likeness (QED) is 0.768. The molecule has 0 radical (unpaired) electrons. The third kappa shape index (κ3) is 2.54. The summed E-state index contributed by atoms with van der Waals surface area (Å²) in [6, 6.07) is 10.3. The van der Waals surface area contributed by atoms with Crippen LogP contribution in [0.3, 0.4) is 0 Å². The molecule has 0 bridgehead atoms. The van der Waals surface area contributed by atoms with Gasteiger partial charge in [-0.25, -0.2) is 13.8 Å². The third-order valence-corrected chi connectivity index (χ3v) is 3.29. The maximum Gasteiger partial charge on any atom is 0.153 e. The summed E-state index contributed by atoms with van der Waals surface area (Å²) >= 11 is 0. The number of nitrogens with one attached hydrogen (secondary N) is 1. The number of hydrogen-bond donors (Lipinski definition) is 1. The van der Waals surface area contributed by atoms with Crippen molar-refractivity contribution in [1.29, 1.82) is 0 Å². The van der Waals surface area contributed by atoms with Gasteiger partial charge in [0.15, 0.2) is 5.82 Å². The van der Waals surface area contributed by atoms with Crippen molar-refractivity contribution in [3.8, 4) is 0 Å². The number of aromatic nitrogens is 2. The summed E-state index contributed by atoms with van der Waals surface area (Å²) in [6.07, 6.45) is 1.48. The Kier molecular flexibility index (Phi) is 3.22. The average molecular weight is 272 g/mol. The van der Waals surface area contributed by atoms with E-state index in [1.807, 2.05) is 19.1 Å². The lowest BCUT2D eigenvalue weighted by Crippen LogP contribution is -1.93. The zero-order valence-electron chi connectivity index (χ0n) is 11.1. The first-order valence-electron chi connectivity index (χ1n) is 6.51. The van der Waals surface area contributed by atoms with Gasteiger partial charge in [-0.3, -0.25) is 0 Å². The number of aromatic amines is 1. The third-order valence-electron chi connectivity index (χ3n) is 3.29. The van der Waals surface area contributed by atoms with Gasteiger partial charge in [0.25, 0.3) is 0 Å². The largest absolute Gasteiger partial charge is 0.342 e. The molecule has 0 aliphatic rings. The maximum atomic E-state index is 13.6. The standard InChI is InChI=1S/C16H14F2N2/c1-10-3-2-4-11(7-10)5-6-15-19-14-9-12(17)8-13(18)16(14)20-15/h2-4,7-9H,5-6H2,1H3,(H,19,20). The van der Waals surface area contributed by atoms with Crippen molar-refractivity contribution >= 4 is 11.0 Å². The van der Waals surface area contributed by atoms with E-state index in [-0.39, 0.29) is 5.52 Å². The first kappa shape index (κ1) is 12.8. The molecule has 102 valence electrons. The summed E-state index contributed by atoms with van der Waals surface area (Å²) in [6.45, 7) is 2.04. The van der Waals surface area contributed by atoms with Crippen LogP contribution in [0.5, 0.6) is 0 Å². The molecule has 0 fully saturated rings. The van der Waals surface area contributed by atoms with E-state index in [1.54, 1.807) is 0 Å². The van der Waals surface area contributed by atoms with Crippen LogP contribution >= 0.6 is 0 Å². The Morgan fingerprint density at radius 3 is 2.75 bits per heavy atom. The van der Waals surface area contributed by atoms with Crippen molar-refractivity contribution in [3.05, 3.63) is 65.0 Å². The molecule has 0 spiro atoms.